The topological polar surface area (TPSA) is 49.4 Å². The average Bonchev–Trinajstić information content (AvgIpc) is 3.15. The molecule has 3 rings (SSSR count). The molecule has 1 N–H and O–H groups in total. The van der Waals surface area contributed by atoms with E-state index in [1.807, 2.05) is 11.8 Å². The lowest BCUT2D eigenvalue weighted by Crippen LogP contribution is -2.65. The molecule has 1 aliphatic heterocycles. The third-order valence-electron chi connectivity index (χ3n) is 4.55. The fourth-order valence-electron chi connectivity index (χ4n) is 3.11. The summed E-state index contributed by atoms with van der Waals surface area (Å²) in [5, 5.41) is 2.90. The van der Waals surface area contributed by atoms with E-state index in [-0.39, 0.29) is 29.9 Å². The maximum Gasteiger partial charge on any atom is 0.246 e. The van der Waals surface area contributed by atoms with Gasteiger partial charge >= 0.3 is 0 Å². The van der Waals surface area contributed by atoms with Crippen molar-refractivity contribution in [3.8, 4) is 0 Å². The minimum Gasteiger partial charge on any atom is -0.342 e. The normalized spacial score (nSPS) is 34.4. The molecule has 4 heteroatoms. The second kappa shape index (κ2) is 4.25. The first-order valence-electron chi connectivity index (χ1n) is 7.20. The number of amides is 2. The molecular weight excluding hydrogens is 228 g/mol. The summed E-state index contributed by atoms with van der Waals surface area (Å²) in [6.07, 6.45) is 5.80. The monoisotopic (exact) mass is 250 g/mol. The van der Waals surface area contributed by atoms with Gasteiger partial charge in [0.1, 0.15) is 12.1 Å². The number of carbonyl (C=O) groups excluding carboxylic acids is 2. The first-order valence-corrected chi connectivity index (χ1v) is 7.20. The van der Waals surface area contributed by atoms with Gasteiger partial charge in [0.2, 0.25) is 11.8 Å². The van der Waals surface area contributed by atoms with Gasteiger partial charge in [-0.15, -0.1) is 0 Å². The molecule has 100 valence electrons. The predicted molar refractivity (Wildman–Crippen MR) is 67.8 cm³/mol. The zero-order valence-electron chi connectivity index (χ0n) is 11.2. The van der Waals surface area contributed by atoms with E-state index < -0.39 is 0 Å². The van der Waals surface area contributed by atoms with E-state index in [2.05, 4.69) is 12.2 Å². The zero-order valence-corrected chi connectivity index (χ0v) is 11.2. The van der Waals surface area contributed by atoms with Crippen molar-refractivity contribution in [3.05, 3.63) is 0 Å². The second-order valence-corrected chi connectivity index (χ2v) is 6.27. The first-order chi connectivity index (χ1) is 8.58. The number of carbonyl (C=O) groups is 2. The van der Waals surface area contributed by atoms with Gasteiger partial charge in [0.25, 0.3) is 0 Å². The molecule has 0 aromatic carbocycles. The van der Waals surface area contributed by atoms with Gasteiger partial charge in [-0.05, 0) is 44.9 Å². The highest BCUT2D eigenvalue weighted by atomic mass is 16.2. The Balaban J connectivity index is 1.74. The van der Waals surface area contributed by atoms with E-state index in [1.54, 1.807) is 0 Å². The van der Waals surface area contributed by atoms with Crippen LogP contribution in [0, 0.1) is 11.8 Å². The van der Waals surface area contributed by atoms with E-state index in [1.165, 1.54) is 12.8 Å². The number of rotatable bonds is 4. The summed E-state index contributed by atoms with van der Waals surface area (Å²) < 4.78 is 0. The number of hydrogen-bond donors (Lipinski definition) is 1. The van der Waals surface area contributed by atoms with Crippen molar-refractivity contribution in [3.63, 3.8) is 0 Å². The van der Waals surface area contributed by atoms with E-state index in [0.717, 1.165) is 25.2 Å². The van der Waals surface area contributed by atoms with Crippen LogP contribution in [0.2, 0.25) is 0 Å². The molecule has 3 atom stereocenters. The molecule has 18 heavy (non-hydrogen) atoms. The molecule has 0 bridgehead atoms. The fraction of sp³-hybridized carbons (Fsp3) is 0.857. The Morgan fingerprint density at radius 1 is 1.28 bits per heavy atom. The van der Waals surface area contributed by atoms with Crippen LogP contribution in [0.25, 0.3) is 0 Å². The molecule has 0 aromatic heterocycles. The van der Waals surface area contributed by atoms with Gasteiger partial charge in [0.15, 0.2) is 0 Å². The van der Waals surface area contributed by atoms with Crippen molar-refractivity contribution < 1.29 is 9.59 Å². The minimum atomic E-state index is -0.304. The third-order valence-corrected chi connectivity index (χ3v) is 4.55. The summed E-state index contributed by atoms with van der Waals surface area (Å²) in [6, 6.07) is -0.344. The van der Waals surface area contributed by atoms with E-state index in [9.17, 15) is 9.59 Å². The highest BCUT2D eigenvalue weighted by Gasteiger charge is 2.47. The third kappa shape index (κ3) is 2.13. The minimum absolute atomic E-state index is 0.0224. The van der Waals surface area contributed by atoms with Gasteiger partial charge in [-0.1, -0.05) is 12.8 Å². The van der Waals surface area contributed by atoms with E-state index >= 15 is 0 Å². The molecule has 2 saturated carbocycles. The van der Waals surface area contributed by atoms with Gasteiger partial charge in [-0.2, -0.15) is 0 Å². The molecule has 2 amide bonds. The molecule has 0 radical (unpaired) electrons. The van der Waals surface area contributed by atoms with Gasteiger partial charge in [-0.25, -0.2) is 0 Å². The summed E-state index contributed by atoms with van der Waals surface area (Å²) in [7, 11) is 0. The van der Waals surface area contributed by atoms with E-state index in [0.29, 0.717) is 5.92 Å². The van der Waals surface area contributed by atoms with Crippen LogP contribution >= 0.6 is 0 Å². The fourth-order valence-corrected chi connectivity index (χ4v) is 3.11. The first kappa shape index (κ1) is 12.0. The molecule has 0 aromatic rings. The van der Waals surface area contributed by atoms with Crippen molar-refractivity contribution in [2.45, 2.75) is 64.1 Å². The number of nitrogens with zero attached hydrogens (tertiary/aromatic N) is 1. The Hall–Kier alpha value is -1.06. The molecule has 0 spiro atoms. The van der Waals surface area contributed by atoms with Crippen LogP contribution in [0.4, 0.5) is 0 Å². The lowest BCUT2D eigenvalue weighted by atomic mass is 10.00. The van der Waals surface area contributed by atoms with Crippen LogP contribution in [0.15, 0.2) is 0 Å². The number of nitrogens with one attached hydrogen (secondary N) is 1. The van der Waals surface area contributed by atoms with Crippen LogP contribution in [-0.4, -0.2) is 34.8 Å². The Morgan fingerprint density at radius 2 is 1.94 bits per heavy atom. The average molecular weight is 250 g/mol. The summed E-state index contributed by atoms with van der Waals surface area (Å²) >= 11 is 0. The lowest BCUT2D eigenvalue weighted by Gasteiger charge is -2.41. The van der Waals surface area contributed by atoms with Crippen molar-refractivity contribution in [2.75, 3.05) is 0 Å². The van der Waals surface area contributed by atoms with Crippen molar-refractivity contribution in [1.82, 2.24) is 10.2 Å². The van der Waals surface area contributed by atoms with Crippen molar-refractivity contribution in [2.24, 2.45) is 11.8 Å². The molecular formula is C14H22N2O2. The molecule has 1 saturated heterocycles. The van der Waals surface area contributed by atoms with Gasteiger partial charge in [-0.3, -0.25) is 9.59 Å². The number of piperazine rings is 1. The summed E-state index contributed by atoms with van der Waals surface area (Å²) in [4.78, 5) is 26.4. The highest BCUT2D eigenvalue weighted by Crippen LogP contribution is 2.38. The smallest absolute Gasteiger partial charge is 0.246 e. The Bertz CT molecular complexity index is 374. The van der Waals surface area contributed by atoms with Crippen molar-refractivity contribution >= 4 is 11.8 Å². The number of hydrogen-bond acceptors (Lipinski definition) is 2. The maximum absolute atomic E-state index is 12.5. The van der Waals surface area contributed by atoms with E-state index in [4.69, 9.17) is 0 Å². The summed E-state index contributed by atoms with van der Waals surface area (Å²) in [6.45, 7) is 3.94. The standard InChI is InChI=1S/C14H22N2O2/c1-8(7-10-3-4-10)16-9(2)13(17)15-12(14(16)18)11-5-6-11/h8-12H,3-7H2,1-2H3,(H,15,17). The van der Waals surface area contributed by atoms with Gasteiger partial charge in [0, 0.05) is 6.04 Å². The Kier molecular flexibility index (Phi) is 2.83. The Morgan fingerprint density at radius 3 is 2.50 bits per heavy atom. The second-order valence-electron chi connectivity index (χ2n) is 6.27. The molecule has 4 nitrogen and oxygen atoms in total. The maximum atomic E-state index is 12.5. The Labute approximate surface area is 108 Å². The molecule has 3 fully saturated rings. The molecule has 2 aliphatic carbocycles. The van der Waals surface area contributed by atoms with Crippen LogP contribution in [0.3, 0.4) is 0 Å². The zero-order chi connectivity index (χ0) is 12.9. The molecule has 3 aliphatic rings. The predicted octanol–water partition coefficient (Wildman–Crippen LogP) is 1.30. The largest absolute Gasteiger partial charge is 0.342 e. The van der Waals surface area contributed by atoms with Crippen LogP contribution < -0.4 is 5.32 Å². The van der Waals surface area contributed by atoms with Crippen LogP contribution in [0.1, 0.15) is 46.0 Å². The van der Waals surface area contributed by atoms with Crippen LogP contribution in [0.5, 0.6) is 0 Å². The van der Waals surface area contributed by atoms with Crippen molar-refractivity contribution in [1.29, 1.82) is 0 Å². The SMILES string of the molecule is CC(CC1CC1)N1C(=O)C(C2CC2)NC(=O)C1C. The molecule has 1 heterocycles. The lowest BCUT2D eigenvalue weighted by molar-refractivity contribution is -0.151. The van der Waals surface area contributed by atoms with Crippen LogP contribution in [-0.2, 0) is 9.59 Å². The van der Waals surface area contributed by atoms with Gasteiger partial charge in [0.05, 0.1) is 0 Å². The summed E-state index contributed by atoms with van der Waals surface area (Å²) in [5.74, 6) is 1.35. The molecule has 3 unspecified atom stereocenters. The van der Waals surface area contributed by atoms with Gasteiger partial charge < -0.3 is 10.2 Å². The highest BCUT2D eigenvalue weighted by molar-refractivity contribution is 5.97. The summed E-state index contributed by atoms with van der Waals surface area (Å²) in [5.41, 5.74) is 0. The quantitative estimate of drug-likeness (QED) is 0.817.